The second-order valence-corrected chi connectivity index (χ2v) is 18.8. The van der Waals surface area contributed by atoms with Gasteiger partial charge < -0.3 is 19.7 Å². The van der Waals surface area contributed by atoms with Crippen molar-refractivity contribution >= 4 is 62.5 Å². The molecule has 340 valence electrons. The Morgan fingerprint density at radius 3 is 2.25 bits per heavy atom. The van der Waals surface area contributed by atoms with Crippen LogP contribution < -0.4 is 14.9 Å². The molecule has 0 saturated heterocycles. The number of aromatic nitrogens is 3. The predicted molar refractivity (Wildman–Crippen MR) is 220 cm³/mol. The minimum Gasteiger partial charge on any atom is -0.615 e. The molecule has 4 atom stereocenters. The van der Waals surface area contributed by atoms with E-state index in [1.165, 1.54) is 43.8 Å². The van der Waals surface area contributed by atoms with E-state index in [0.717, 1.165) is 23.4 Å². The largest absolute Gasteiger partial charge is 0.615 e. The third kappa shape index (κ3) is 11.3. The summed E-state index contributed by atoms with van der Waals surface area (Å²) < 4.78 is 168. The van der Waals surface area contributed by atoms with Gasteiger partial charge in [-0.3, -0.25) is 14.9 Å². The zero-order valence-corrected chi connectivity index (χ0v) is 36.4. The van der Waals surface area contributed by atoms with Crippen molar-refractivity contribution in [1.29, 1.82) is 5.41 Å². The first-order valence-corrected chi connectivity index (χ1v) is 21.9. The minimum atomic E-state index is -5.31. The summed E-state index contributed by atoms with van der Waals surface area (Å²) in [7, 11) is 1.30. The molecule has 3 unspecified atom stereocenters. The number of nitrogens with one attached hydrogen (secondary N) is 3. The number of fused-ring (bicyclic) bond motifs is 1. The molecule has 0 fully saturated rings. The van der Waals surface area contributed by atoms with Crippen LogP contribution in [0.1, 0.15) is 50.2 Å². The van der Waals surface area contributed by atoms with Crippen molar-refractivity contribution in [2.24, 2.45) is 5.92 Å². The zero-order chi connectivity index (χ0) is 47.1. The van der Waals surface area contributed by atoms with Crippen LogP contribution in [0.25, 0.3) is 22.0 Å². The Morgan fingerprint density at radius 2 is 1.68 bits per heavy atom. The van der Waals surface area contributed by atoms with Crippen LogP contribution >= 0.6 is 11.6 Å². The van der Waals surface area contributed by atoms with Gasteiger partial charge in [-0.05, 0) is 85.1 Å². The van der Waals surface area contributed by atoms with Crippen LogP contribution in [0.15, 0.2) is 53.7 Å². The van der Waals surface area contributed by atoms with Crippen LogP contribution in [0.4, 0.5) is 49.7 Å². The summed E-state index contributed by atoms with van der Waals surface area (Å²) in [6.45, 7) is 1.38. The molecule has 4 aromatic rings. The lowest BCUT2D eigenvalue weighted by atomic mass is 9.93. The zero-order valence-electron chi connectivity index (χ0n) is 34.0. The molecule has 0 radical (unpaired) electrons. The van der Waals surface area contributed by atoms with E-state index < -0.39 is 118 Å². The fourth-order valence-electron chi connectivity index (χ4n) is 6.81. The summed E-state index contributed by atoms with van der Waals surface area (Å²) in [5.41, 5.74) is -5.19. The second kappa shape index (κ2) is 18.4. The van der Waals surface area contributed by atoms with Crippen LogP contribution in [-0.2, 0) is 40.3 Å². The standard InChI is InChI=1S/C40H38ClF10N7O3S2/c1-20-17-38(44,45)35(30(20)34(52)40(49,50)51)53-18-29(59)55-28(15-21-13-22(42)16-23(43)14-21)32-25(8-7-24(54-32)11-12-37(2,3)62(5)60)26-9-10-27(41)31-33(26)58(19-39(46,47)48)56-36(31)57(4)63(6)61/h7-10,13-14,16,20,28,52-53H,15,17-19H2,1-6H3,(H,55,59)/t20-,28?,62?,63?/m0/s1. The van der Waals surface area contributed by atoms with Gasteiger partial charge in [-0.25, -0.2) is 13.8 Å². The number of benzene rings is 2. The lowest BCUT2D eigenvalue weighted by molar-refractivity contribution is -0.141. The van der Waals surface area contributed by atoms with Gasteiger partial charge in [0.2, 0.25) is 11.7 Å². The van der Waals surface area contributed by atoms with Crippen molar-refractivity contribution in [1.82, 2.24) is 25.4 Å². The van der Waals surface area contributed by atoms with Gasteiger partial charge in [-0.2, -0.15) is 39.4 Å². The van der Waals surface area contributed by atoms with Gasteiger partial charge in [0.1, 0.15) is 35.8 Å². The summed E-state index contributed by atoms with van der Waals surface area (Å²) in [6.07, 6.45) is -9.19. The van der Waals surface area contributed by atoms with Crippen LogP contribution in [0, 0.1) is 34.8 Å². The number of anilines is 1. The number of nitrogens with zero attached hydrogens (tertiary/aromatic N) is 4. The lowest BCUT2D eigenvalue weighted by Gasteiger charge is -2.24. The van der Waals surface area contributed by atoms with E-state index in [0.29, 0.717) is 10.7 Å². The number of allylic oxidation sites excluding steroid dienone is 2. The van der Waals surface area contributed by atoms with Crippen LogP contribution in [0.2, 0.25) is 5.02 Å². The molecule has 0 bridgehead atoms. The Morgan fingerprint density at radius 1 is 1.06 bits per heavy atom. The molecule has 63 heavy (non-hydrogen) atoms. The van der Waals surface area contributed by atoms with Gasteiger partial charge in [-0.1, -0.05) is 24.6 Å². The number of alkyl halides is 8. The number of halogens is 11. The average molecular weight is 954 g/mol. The van der Waals surface area contributed by atoms with Crippen molar-refractivity contribution in [2.75, 3.05) is 30.4 Å². The number of carbonyl (C=O) groups is 1. The van der Waals surface area contributed by atoms with E-state index in [1.54, 1.807) is 13.8 Å². The van der Waals surface area contributed by atoms with Gasteiger partial charge in [0.15, 0.2) is 4.75 Å². The van der Waals surface area contributed by atoms with Gasteiger partial charge in [0, 0.05) is 29.2 Å². The number of amides is 1. The molecule has 1 aliphatic carbocycles. The van der Waals surface area contributed by atoms with E-state index in [9.17, 15) is 49.0 Å². The molecule has 3 N–H and O–H groups in total. The molecule has 0 spiro atoms. The first-order valence-electron chi connectivity index (χ1n) is 18.5. The summed E-state index contributed by atoms with van der Waals surface area (Å²) in [5, 5.41) is 16.1. The van der Waals surface area contributed by atoms with E-state index in [-0.39, 0.29) is 49.8 Å². The quantitative estimate of drug-likeness (QED) is 0.0529. The highest BCUT2D eigenvalue weighted by Gasteiger charge is 2.51. The Kier molecular flexibility index (Phi) is 14.4. The molecule has 1 aliphatic rings. The fourth-order valence-corrected chi connectivity index (χ4v) is 7.61. The van der Waals surface area contributed by atoms with Gasteiger partial charge in [0.25, 0.3) is 5.92 Å². The van der Waals surface area contributed by atoms with Gasteiger partial charge >= 0.3 is 12.4 Å². The van der Waals surface area contributed by atoms with Crippen molar-refractivity contribution in [3.63, 3.8) is 0 Å². The van der Waals surface area contributed by atoms with Crippen molar-refractivity contribution in [3.05, 3.63) is 87.3 Å². The molecule has 0 saturated carbocycles. The summed E-state index contributed by atoms with van der Waals surface area (Å²) in [5.74, 6) is -3.27. The fraction of sp³-hybridized carbons (Fsp3) is 0.400. The highest BCUT2D eigenvalue weighted by Crippen LogP contribution is 2.45. The third-order valence-electron chi connectivity index (χ3n) is 9.96. The molecule has 2 aromatic carbocycles. The Hall–Kier alpha value is -4.69. The smallest absolute Gasteiger partial charge is 0.433 e. The highest BCUT2D eigenvalue weighted by molar-refractivity contribution is 7.92. The number of hydrogen-bond acceptors (Lipinski definition) is 8. The maximum Gasteiger partial charge on any atom is 0.433 e. The first kappa shape index (κ1) is 49.3. The Balaban J connectivity index is 1.76. The average Bonchev–Trinajstić information content (AvgIpc) is 3.63. The monoisotopic (exact) mass is 953 g/mol. The number of rotatable bonds is 13. The maximum atomic E-state index is 15.1. The number of hydrogen-bond donors (Lipinski definition) is 3. The maximum absolute atomic E-state index is 15.1. The van der Waals surface area contributed by atoms with Crippen LogP contribution in [0.3, 0.4) is 0 Å². The molecular weight excluding hydrogens is 916 g/mol. The predicted octanol–water partition coefficient (Wildman–Crippen LogP) is 8.33. The molecule has 2 heterocycles. The topological polar surface area (TPSA) is 145 Å². The Labute approximate surface area is 365 Å². The first-order chi connectivity index (χ1) is 29.0. The number of pyridine rings is 1. The highest BCUT2D eigenvalue weighted by atomic mass is 35.5. The summed E-state index contributed by atoms with van der Waals surface area (Å²) in [4.78, 5) is 18.4. The SMILES string of the molecule is C[C@H]1CC(F)(F)C(NCC(=O)NC(Cc2cc(F)cc(F)c2)c2nc(C#CC(C)(C)[S+](C)[O-])ccc2-c2ccc(Cl)c3c(N(C)[S+](C)[O-])nn(CC(F)(F)F)c23)=C1C(=N)C(F)(F)F. The Bertz CT molecular complexity index is 2500. The molecule has 5 rings (SSSR count). The lowest BCUT2D eigenvalue weighted by Crippen LogP contribution is -2.40. The van der Waals surface area contributed by atoms with E-state index in [2.05, 4.69) is 32.6 Å². The summed E-state index contributed by atoms with van der Waals surface area (Å²) >= 11 is 3.25. The van der Waals surface area contributed by atoms with Gasteiger partial charge in [0.05, 0.1) is 64.6 Å². The second-order valence-electron chi connectivity index (χ2n) is 15.1. The van der Waals surface area contributed by atoms with E-state index >= 15 is 8.78 Å². The van der Waals surface area contributed by atoms with E-state index in [1.807, 2.05) is 0 Å². The van der Waals surface area contributed by atoms with Crippen LogP contribution in [-0.4, -0.2) is 84.6 Å². The van der Waals surface area contributed by atoms with Crippen LogP contribution in [0.5, 0.6) is 0 Å². The third-order valence-corrected chi connectivity index (χ3v) is 12.8. The van der Waals surface area contributed by atoms with Gasteiger partial charge in [-0.15, -0.1) is 5.10 Å². The molecular formula is C40H38ClF10N7O3S2. The summed E-state index contributed by atoms with van der Waals surface area (Å²) in [6, 6.07) is 6.08. The molecule has 0 aliphatic heterocycles. The van der Waals surface area contributed by atoms with Crippen molar-refractivity contribution in [2.45, 2.75) is 69.2 Å². The van der Waals surface area contributed by atoms with E-state index in [4.69, 9.17) is 17.0 Å². The normalized spacial score (nSPS) is 17.0. The molecule has 2 aromatic heterocycles. The molecule has 1 amide bonds. The molecule has 10 nitrogen and oxygen atoms in total. The molecule has 23 heteroatoms. The van der Waals surface area contributed by atoms with Crippen molar-refractivity contribution in [3.8, 4) is 23.0 Å². The minimum absolute atomic E-state index is 0.0504. The van der Waals surface area contributed by atoms with Crippen molar-refractivity contribution < 1.29 is 57.8 Å². The number of carbonyl (C=O) groups excluding carboxylic acids is 1.